The monoisotopic (exact) mass is 454 g/mol. The second kappa shape index (κ2) is 7.88. The van der Waals surface area contributed by atoms with E-state index in [1.807, 2.05) is 0 Å². The van der Waals surface area contributed by atoms with E-state index >= 15 is 0 Å². The van der Waals surface area contributed by atoms with E-state index in [2.05, 4.69) is 121 Å². The van der Waals surface area contributed by atoms with Crippen molar-refractivity contribution < 1.29 is 0 Å². The molecule has 0 saturated heterocycles. The summed E-state index contributed by atoms with van der Waals surface area (Å²) in [4.78, 5) is 0. The molecule has 2 unspecified atom stereocenters. The lowest BCUT2D eigenvalue weighted by molar-refractivity contribution is 1.12. The highest BCUT2D eigenvalue weighted by atomic mass is 14.3. The maximum atomic E-state index is 6.06. The van der Waals surface area contributed by atoms with Crippen LogP contribution in [0.15, 0.2) is 109 Å². The smallest absolute Gasteiger partial charge is 0.0717 e. The predicted molar refractivity (Wildman–Crippen MR) is 150 cm³/mol. The maximum absolute atomic E-state index is 6.06. The molecule has 0 bridgehead atoms. The van der Waals surface area contributed by atoms with Gasteiger partial charge >= 0.3 is 0 Å². The summed E-state index contributed by atoms with van der Waals surface area (Å²) >= 11 is 0. The minimum Gasteiger partial charge on any atom is -0.119 e. The first kappa shape index (κ1) is 20.6. The molecule has 0 spiro atoms. The van der Waals surface area contributed by atoms with Crippen molar-refractivity contribution in [3.05, 3.63) is 131 Å². The molecular formula is C36H22. The Morgan fingerprint density at radius 3 is 1.17 bits per heavy atom. The summed E-state index contributed by atoms with van der Waals surface area (Å²) in [5.74, 6) is 6.05. The van der Waals surface area contributed by atoms with Crippen LogP contribution in [0.4, 0.5) is 0 Å². The van der Waals surface area contributed by atoms with E-state index in [-0.39, 0.29) is 11.8 Å². The normalized spacial score (nSPS) is 16.3. The highest BCUT2D eigenvalue weighted by Gasteiger charge is 2.31. The Hall–Kier alpha value is -4.78. The minimum absolute atomic E-state index is 0.0284. The van der Waals surface area contributed by atoms with Crippen LogP contribution in [0.5, 0.6) is 0 Å². The Balaban J connectivity index is 1.34. The van der Waals surface area contributed by atoms with Crippen molar-refractivity contribution >= 4 is 0 Å². The Morgan fingerprint density at radius 2 is 0.750 bits per heavy atom. The molecule has 2 aliphatic carbocycles. The molecule has 0 saturated carbocycles. The third-order valence-electron chi connectivity index (χ3n) is 7.75. The molecule has 0 heteroatoms. The fourth-order valence-corrected chi connectivity index (χ4v) is 6.20. The van der Waals surface area contributed by atoms with E-state index in [1.165, 1.54) is 66.8 Å². The molecule has 0 heterocycles. The number of benzene rings is 5. The lowest BCUT2D eigenvalue weighted by atomic mass is 9.87. The number of terminal acetylenes is 2. The van der Waals surface area contributed by atoms with Gasteiger partial charge < -0.3 is 0 Å². The Bertz CT molecular complexity index is 1620. The van der Waals surface area contributed by atoms with E-state index in [4.69, 9.17) is 12.8 Å². The van der Waals surface area contributed by atoms with Gasteiger partial charge in [0.1, 0.15) is 0 Å². The summed E-state index contributed by atoms with van der Waals surface area (Å²) in [5.41, 5.74) is 14.6. The fourth-order valence-electron chi connectivity index (χ4n) is 6.20. The zero-order valence-electron chi connectivity index (χ0n) is 19.7. The zero-order chi connectivity index (χ0) is 24.2. The SMILES string of the molecule is C#CC1c2ccccc2-c2cccc(-c3ccc(-c4cccc5c4C(C#C)c4ccccc4-5)cc3)c21. The van der Waals surface area contributed by atoms with E-state index < -0.39 is 0 Å². The summed E-state index contributed by atoms with van der Waals surface area (Å²) in [5, 5.41) is 0. The van der Waals surface area contributed by atoms with Gasteiger partial charge in [-0.2, -0.15) is 0 Å². The molecule has 166 valence electrons. The van der Waals surface area contributed by atoms with Crippen LogP contribution in [0, 0.1) is 24.7 Å². The predicted octanol–water partition coefficient (Wildman–Crippen LogP) is 8.51. The molecule has 5 aromatic rings. The average molecular weight is 455 g/mol. The molecule has 0 aliphatic heterocycles. The van der Waals surface area contributed by atoms with Gasteiger partial charge in [-0.1, -0.05) is 121 Å². The quantitative estimate of drug-likeness (QED) is 0.235. The van der Waals surface area contributed by atoms with Gasteiger partial charge in [0.2, 0.25) is 0 Å². The first-order valence-corrected chi connectivity index (χ1v) is 12.3. The van der Waals surface area contributed by atoms with Crippen molar-refractivity contribution in [2.75, 3.05) is 0 Å². The third-order valence-corrected chi connectivity index (χ3v) is 7.75. The zero-order valence-corrected chi connectivity index (χ0v) is 19.7. The van der Waals surface area contributed by atoms with Crippen LogP contribution in [0.3, 0.4) is 0 Å². The summed E-state index contributed by atoms with van der Waals surface area (Å²) in [7, 11) is 0. The van der Waals surface area contributed by atoms with Crippen LogP contribution in [-0.4, -0.2) is 0 Å². The number of fused-ring (bicyclic) bond motifs is 6. The first-order valence-electron chi connectivity index (χ1n) is 12.3. The van der Waals surface area contributed by atoms with Crippen LogP contribution in [0.25, 0.3) is 44.5 Å². The van der Waals surface area contributed by atoms with Gasteiger partial charge in [-0.05, 0) is 66.8 Å². The summed E-state index contributed by atoms with van der Waals surface area (Å²) in [6.45, 7) is 0. The Kier molecular flexibility index (Phi) is 4.51. The van der Waals surface area contributed by atoms with Crippen molar-refractivity contribution in [1.82, 2.24) is 0 Å². The molecule has 2 atom stereocenters. The standard InChI is InChI=1S/C36H22/c1-3-25-29-11-5-7-13-31(29)33-17-9-15-27(35(25)33)23-19-21-24(22-20-23)28-16-10-18-34-32-14-8-6-12-30(32)26(4-2)36(28)34/h1-2,5-22,25-26H. The number of hydrogen-bond donors (Lipinski definition) is 0. The molecule has 0 aromatic heterocycles. The lowest BCUT2D eigenvalue weighted by Crippen LogP contribution is -1.97. The number of rotatable bonds is 2. The van der Waals surface area contributed by atoms with Crippen LogP contribution >= 0.6 is 0 Å². The Morgan fingerprint density at radius 1 is 0.389 bits per heavy atom. The topological polar surface area (TPSA) is 0 Å². The molecule has 0 amide bonds. The van der Waals surface area contributed by atoms with E-state index in [1.54, 1.807) is 0 Å². The molecule has 0 radical (unpaired) electrons. The van der Waals surface area contributed by atoms with Gasteiger partial charge in [-0.15, -0.1) is 12.8 Å². The van der Waals surface area contributed by atoms with Crippen molar-refractivity contribution in [3.8, 4) is 69.2 Å². The van der Waals surface area contributed by atoms with Gasteiger partial charge in [-0.25, -0.2) is 0 Å². The molecule has 0 fully saturated rings. The van der Waals surface area contributed by atoms with Gasteiger partial charge in [0, 0.05) is 0 Å². The van der Waals surface area contributed by atoms with Gasteiger partial charge in [0.25, 0.3) is 0 Å². The van der Waals surface area contributed by atoms with Crippen LogP contribution < -0.4 is 0 Å². The highest BCUT2D eigenvalue weighted by Crippen LogP contribution is 2.50. The van der Waals surface area contributed by atoms with Crippen molar-refractivity contribution in [2.45, 2.75) is 11.8 Å². The molecule has 0 N–H and O–H groups in total. The second-order valence-electron chi connectivity index (χ2n) is 9.48. The fraction of sp³-hybridized carbons (Fsp3) is 0.0556. The number of hydrogen-bond acceptors (Lipinski definition) is 0. The van der Waals surface area contributed by atoms with Crippen molar-refractivity contribution in [3.63, 3.8) is 0 Å². The van der Waals surface area contributed by atoms with Gasteiger partial charge in [0.05, 0.1) is 11.8 Å². The molecular weight excluding hydrogens is 432 g/mol. The summed E-state index contributed by atoms with van der Waals surface area (Å²) in [6.07, 6.45) is 12.1. The van der Waals surface area contributed by atoms with Gasteiger partial charge in [0.15, 0.2) is 0 Å². The molecule has 2 aliphatic rings. The third kappa shape index (κ3) is 2.80. The van der Waals surface area contributed by atoms with Gasteiger partial charge in [-0.3, -0.25) is 0 Å². The first-order chi connectivity index (χ1) is 17.8. The largest absolute Gasteiger partial charge is 0.119 e. The van der Waals surface area contributed by atoms with Crippen molar-refractivity contribution in [1.29, 1.82) is 0 Å². The van der Waals surface area contributed by atoms with Crippen molar-refractivity contribution in [2.24, 2.45) is 0 Å². The Labute approximate surface area is 212 Å². The van der Waals surface area contributed by atoms with E-state index in [0.29, 0.717) is 0 Å². The lowest BCUT2D eigenvalue weighted by Gasteiger charge is -2.15. The van der Waals surface area contributed by atoms with Crippen LogP contribution in [-0.2, 0) is 0 Å². The maximum Gasteiger partial charge on any atom is 0.0717 e. The highest BCUT2D eigenvalue weighted by molar-refractivity contribution is 5.90. The van der Waals surface area contributed by atoms with E-state index in [0.717, 1.165) is 0 Å². The van der Waals surface area contributed by atoms with Crippen LogP contribution in [0.2, 0.25) is 0 Å². The second-order valence-corrected chi connectivity index (χ2v) is 9.48. The summed E-state index contributed by atoms with van der Waals surface area (Å²) in [6, 6.07) is 38.9. The summed E-state index contributed by atoms with van der Waals surface area (Å²) < 4.78 is 0. The average Bonchev–Trinajstić information content (AvgIpc) is 3.45. The van der Waals surface area contributed by atoms with Crippen LogP contribution in [0.1, 0.15) is 34.1 Å². The van der Waals surface area contributed by atoms with E-state index in [9.17, 15) is 0 Å². The molecule has 36 heavy (non-hydrogen) atoms. The minimum atomic E-state index is -0.0284. The molecule has 0 nitrogen and oxygen atoms in total. The molecule has 7 rings (SSSR count). The molecule has 5 aromatic carbocycles.